The highest BCUT2D eigenvalue weighted by Crippen LogP contribution is 2.13. The normalized spacial score (nSPS) is 11.9. The fourth-order valence-electron chi connectivity index (χ4n) is 1.74. The number of carbonyl (C=O) groups excluding carboxylic acids is 2. The fraction of sp³-hybridized carbons (Fsp3) is 0. The largest absolute Gasteiger partial charge is 0.287 e. The van der Waals surface area contributed by atoms with Crippen LogP contribution < -0.4 is 5.32 Å². The number of hydrogen-bond acceptors (Lipinski definition) is 2. The molecule has 2 aromatic rings. The van der Waals surface area contributed by atoms with E-state index in [2.05, 4.69) is 5.32 Å². The molecular weight excluding hydrogens is 333 g/mol. The number of nitrogens with one attached hydrogen (secondary N) is 1. The molecule has 1 N–H and O–H groups in total. The Morgan fingerprint density at radius 3 is 1.39 bits per heavy atom. The van der Waals surface area contributed by atoms with E-state index in [1.54, 1.807) is 24.3 Å². The van der Waals surface area contributed by atoms with Gasteiger partial charge in [0.15, 0.2) is 0 Å². The first-order chi connectivity index (χ1) is 11.1. The second kappa shape index (κ2) is 8.32. The minimum atomic E-state index is -0.708. The van der Waals surface area contributed by atoms with Crippen LogP contribution in [-0.2, 0) is 9.59 Å². The summed E-state index contributed by atoms with van der Waals surface area (Å²) in [5, 5.41) is 1.94. The molecule has 23 heavy (non-hydrogen) atoms. The highest BCUT2D eigenvalue weighted by Gasteiger charge is 2.14. The van der Waals surface area contributed by atoms with Gasteiger partial charge < -0.3 is 0 Å². The Bertz CT molecular complexity index is 688. The van der Waals surface area contributed by atoms with Crippen LogP contribution in [-0.4, -0.2) is 11.8 Å². The van der Waals surface area contributed by atoms with E-state index in [0.29, 0.717) is 0 Å². The molecular formula is C18H13Cl2NO2. The summed E-state index contributed by atoms with van der Waals surface area (Å²) in [7, 11) is 0. The molecule has 5 heteroatoms. The third-order valence-corrected chi connectivity index (χ3v) is 3.41. The van der Waals surface area contributed by atoms with Gasteiger partial charge in [0.25, 0.3) is 11.8 Å². The third kappa shape index (κ3) is 5.40. The smallest absolute Gasteiger partial charge is 0.269 e. The van der Waals surface area contributed by atoms with E-state index in [9.17, 15) is 9.59 Å². The zero-order chi connectivity index (χ0) is 16.7. The van der Waals surface area contributed by atoms with Gasteiger partial charge in [0.1, 0.15) is 10.1 Å². The van der Waals surface area contributed by atoms with Crippen molar-refractivity contribution < 1.29 is 9.59 Å². The molecule has 0 aromatic heterocycles. The number of benzene rings is 2. The van der Waals surface area contributed by atoms with Crippen molar-refractivity contribution in [3.63, 3.8) is 0 Å². The first kappa shape index (κ1) is 17.0. The van der Waals surface area contributed by atoms with Crippen LogP contribution in [0.3, 0.4) is 0 Å². The molecule has 0 saturated heterocycles. The van der Waals surface area contributed by atoms with Gasteiger partial charge in [-0.15, -0.1) is 0 Å². The number of halogens is 2. The highest BCUT2D eigenvalue weighted by molar-refractivity contribution is 6.48. The Hall–Kier alpha value is -2.36. The molecule has 116 valence electrons. The van der Waals surface area contributed by atoms with E-state index in [0.717, 1.165) is 11.1 Å². The Kier molecular flexibility index (Phi) is 6.15. The van der Waals surface area contributed by atoms with Gasteiger partial charge in [0.05, 0.1) is 0 Å². The van der Waals surface area contributed by atoms with Crippen molar-refractivity contribution >= 4 is 47.2 Å². The van der Waals surface area contributed by atoms with Gasteiger partial charge in [-0.25, -0.2) is 0 Å². The molecule has 0 bridgehead atoms. The van der Waals surface area contributed by atoms with Gasteiger partial charge in [-0.05, 0) is 23.3 Å². The molecule has 0 saturated carbocycles. The number of imide groups is 1. The van der Waals surface area contributed by atoms with Crippen molar-refractivity contribution in [3.8, 4) is 0 Å². The molecule has 0 fully saturated rings. The Morgan fingerprint density at radius 1 is 0.696 bits per heavy atom. The Labute approximate surface area is 144 Å². The first-order valence-electron chi connectivity index (χ1n) is 6.76. The van der Waals surface area contributed by atoms with Crippen molar-refractivity contribution in [3.05, 3.63) is 81.9 Å². The van der Waals surface area contributed by atoms with Crippen LogP contribution in [0, 0.1) is 0 Å². The van der Waals surface area contributed by atoms with Crippen molar-refractivity contribution in [1.82, 2.24) is 5.32 Å². The maximum atomic E-state index is 11.9. The average Bonchev–Trinajstić information content (AvgIpc) is 2.56. The second-order valence-electron chi connectivity index (χ2n) is 4.59. The fourth-order valence-corrected chi connectivity index (χ4v) is 2.09. The van der Waals surface area contributed by atoms with Crippen LogP contribution in [0.4, 0.5) is 0 Å². The standard InChI is InChI=1S/C18H13Cl2NO2/c19-15(11-13-7-3-1-4-8-13)17(22)21-18(23)16(20)12-14-9-5-2-6-10-14/h1-12H,(H,21,22,23). The summed E-state index contributed by atoms with van der Waals surface area (Å²) in [4.78, 5) is 23.8. The van der Waals surface area contributed by atoms with Crippen LogP contribution in [0.15, 0.2) is 70.7 Å². The summed E-state index contributed by atoms with van der Waals surface area (Å²) < 4.78 is 0. The number of hydrogen-bond donors (Lipinski definition) is 1. The summed E-state index contributed by atoms with van der Waals surface area (Å²) in [5.74, 6) is -1.42. The van der Waals surface area contributed by atoms with Crippen LogP contribution in [0.5, 0.6) is 0 Å². The molecule has 0 unspecified atom stereocenters. The van der Waals surface area contributed by atoms with Crippen molar-refractivity contribution in [2.75, 3.05) is 0 Å². The van der Waals surface area contributed by atoms with Crippen LogP contribution in [0.2, 0.25) is 0 Å². The highest BCUT2D eigenvalue weighted by atomic mass is 35.5. The van der Waals surface area contributed by atoms with E-state index >= 15 is 0 Å². The predicted octanol–water partition coefficient (Wildman–Crippen LogP) is 4.19. The van der Waals surface area contributed by atoms with Crippen molar-refractivity contribution in [1.29, 1.82) is 0 Å². The van der Waals surface area contributed by atoms with E-state index in [1.807, 2.05) is 36.4 Å². The molecule has 0 heterocycles. The minimum absolute atomic E-state index is 0.103. The lowest BCUT2D eigenvalue weighted by molar-refractivity contribution is -0.125. The lowest BCUT2D eigenvalue weighted by Gasteiger charge is -2.03. The summed E-state index contributed by atoms with van der Waals surface area (Å²) >= 11 is 11.8. The molecule has 0 radical (unpaired) electrons. The first-order valence-corrected chi connectivity index (χ1v) is 7.52. The van der Waals surface area contributed by atoms with Crippen LogP contribution in [0.1, 0.15) is 11.1 Å². The molecule has 0 spiro atoms. The summed E-state index contributed by atoms with van der Waals surface area (Å²) in [5.41, 5.74) is 1.51. The zero-order valence-electron chi connectivity index (χ0n) is 12.0. The predicted molar refractivity (Wildman–Crippen MR) is 93.7 cm³/mol. The maximum Gasteiger partial charge on any atom is 0.269 e. The van der Waals surface area contributed by atoms with Gasteiger partial charge in [0.2, 0.25) is 0 Å². The van der Waals surface area contributed by atoms with Gasteiger partial charge in [-0.2, -0.15) is 0 Å². The van der Waals surface area contributed by atoms with Crippen molar-refractivity contribution in [2.45, 2.75) is 0 Å². The summed E-state index contributed by atoms with van der Waals surface area (Å²) in [6, 6.07) is 18.1. The maximum absolute atomic E-state index is 11.9. The summed E-state index contributed by atoms with van der Waals surface area (Å²) in [6.07, 6.45) is 2.94. The second-order valence-corrected chi connectivity index (χ2v) is 5.40. The number of rotatable bonds is 4. The molecule has 0 atom stereocenters. The topological polar surface area (TPSA) is 46.2 Å². The van der Waals surface area contributed by atoms with Crippen LogP contribution >= 0.6 is 23.2 Å². The van der Waals surface area contributed by atoms with E-state index in [-0.39, 0.29) is 10.1 Å². The quantitative estimate of drug-likeness (QED) is 0.844. The van der Waals surface area contributed by atoms with Gasteiger partial charge in [-0.3, -0.25) is 14.9 Å². The number of carbonyl (C=O) groups is 2. The zero-order valence-corrected chi connectivity index (χ0v) is 13.5. The molecule has 0 aliphatic rings. The van der Waals surface area contributed by atoms with Gasteiger partial charge >= 0.3 is 0 Å². The summed E-state index contributed by atoms with van der Waals surface area (Å²) in [6.45, 7) is 0. The number of amides is 2. The van der Waals surface area contributed by atoms with E-state index < -0.39 is 11.8 Å². The van der Waals surface area contributed by atoms with Crippen molar-refractivity contribution in [2.24, 2.45) is 0 Å². The lowest BCUT2D eigenvalue weighted by atomic mass is 10.2. The van der Waals surface area contributed by atoms with Gasteiger partial charge in [0, 0.05) is 0 Å². The SMILES string of the molecule is O=C(NC(=O)C(Cl)=Cc1ccccc1)C(Cl)=Cc1ccccc1. The Balaban J connectivity index is 2.03. The van der Waals surface area contributed by atoms with Crippen LogP contribution in [0.25, 0.3) is 12.2 Å². The van der Waals surface area contributed by atoms with E-state index in [4.69, 9.17) is 23.2 Å². The lowest BCUT2D eigenvalue weighted by Crippen LogP contribution is -2.30. The molecule has 2 rings (SSSR count). The molecule has 0 aliphatic carbocycles. The third-order valence-electron chi connectivity index (χ3n) is 2.85. The minimum Gasteiger partial charge on any atom is -0.287 e. The molecule has 2 aromatic carbocycles. The van der Waals surface area contributed by atoms with E-state index in [1.165, 1.54) is 12.2 Å². The average molecular weight is 346 g/mol. The molecule has 0 aliphatic heterocycles. The monoisotopic (exact) mass is 345 g/mol. The molecule has 3 nitrogen and oxygen atoms in total. The van der Waals surface area contributed by atoms with Gasteiger partial charge in [-0.1, -0.05) is 83.9 Å². The Morgan fingerprint density at radius 2 is 1.04 bits per heavy atom. The molecule has 2 amide bonds.